The lowest BCUT2D eigenvalue weighted by Crippen LogP contribution is -2.26. The van der Waals surface area contributed by atoms with E-state index in [1.165, 1.54) is 0 Å². The van der Waals surface area contributed by atoms with Crippen LogP contribution in [0.5, 0.6) is 0 Å². The number of hydrogen-bond acceptors (Lipinski definition) is 3. The minimum atomic E-state index is -3.58. The van der Waals surface area contributed by atoms with Crippen LogP contribution >= 0.6 is 0 Å². The van der Waals surface area contributed by atoms with Crippen molar-refractivity contribution >= 4 is 10.0 Å². The van der Waals surface area contributed by atoms with E-state index in [1.54, 1.807) is 24.7 Å². The van der Waals surface area contributed by atoms with Crippen LogP contribution in [0, 0.1) is 0 Å². The molecule has 1 N–H and O–H groups in total. The molecule has 27 heavy (non-hydrogen) atoms. The van der Waals surface area contributed by atoms with Gasteiger partial charge in [0.1, 0.15) is 0 Å². The van der Waals surface area contributed by atoms with Gasteiger partial charge >= 0.3 is 0 Å². The lowest BCUT2D eigenvalue weighted by molar-refractivity contribution is 0.567. The van der Waals surface area contributed by atoms with Gasteiger partial charge in [-0.1, -0.05) is 38.1 Å². The quantitative estimate of drug-likeness (QED) is 0.657. The molecule has 0 saturated heterocycles. The Bertz CT molecular complexity index is 963. The molecule has 0 unspecified atom stereocenters. The average Bonchev–Trinajstić information content (AvgIpc) is 3.22. The third-order valence-corrected chi connectivity index (χ3v) is 6.46. The Balaban J connectivity index is 1.73. The molecule has 2 aromatic carbocycles. The molecule has 1 aromatic heterocycles. The Labute approximate surface area is 161 Å². The summed E-state index contributed by atoms with van der Waals surface area (Å²) in [6.45, 7) is 6.10. The van der Waals surface area contributed by atoms with E-state index in [4.69, 9.17) is 0 Å². The van der Waals surface area contributed by atoms with E-state index in [2.05, 4.69) is 23.6 Å². The van der Waals surface area contributed by atoms with E-state index in [1.807, 2.05) is 54.1 Å². The monoisotopic (exact) mass is 383 g/mol. The summed E-state index contributed by atoms with van der Waals surface area (Å²) in [7, 11) is -3.58. The number of nitrogens with zero attached hydrogens (tertiary/aromatic N) is 2. The minimum Gasteiger partial charge on any atom is -0.306 e. The Hall–Kier alpha value is -2.44. The maximum absolute atomic E-state index is 12.7. The van der Waals surface area contributed by atoms with Gasteiger partial charge in [-0.25, -0.2) is 18.1 Å². The first-order valence-corrected chi connectivity index (χ1v) is 10.6. The van der Waals surface area contributed by atoms with Crippen molar-refractivity contribution in [1.29, 1.82) is 0 Å². The highest BCUT2D eigenvalue weighted by atomic mass is 32.2. The van der Waals surface area contributed by atoms with E-state index < -0.39 is 10.0 Å². The summed E-state index contributed by atoms with van der Waals surface area (Å²) < 4.78 is 30.1. The van der Waals surface area contributed by atoms with Crippen LogP contribution in [-0.2, 0) is 10.0 Å². The van der Waals surface area contributed by atoms with Crippen LogP contribution in [0.15, 0.2) is 72.1 Å². The Morgan fingerprint density at radius 3 is 2.19 bits per heavy atom. The molecule has 0 amide bonds. The molecule has 0 fully saturated rings. The van der Waals surface area contributed by atoms with E-state index >= 15 is 0 Å². The second-order valence-electron chi connectivity index (χ2n) is 6.78. The molecule has 3 aromatic rings. The maximum atomic E-state index is 12.7. The number of hydrogen-bond donors (Lipinski definition) is 1. The van der Waals surface area contributed by atoms with Crippen molar-refractivity contribution in [1.82, 2.24) is 14.3 Å². The van der Waals surface area contributed by atoms with Crippen LogP contribution < -0.4 is 4.72 Å². The Morgan fingerprint density at radius 1 is 1.00 bits per heavy atom. The SMILES string of the molecule is CC[C@H](C)c1ccc(S(=O)(=O)N[C@@H](C)c2ccc(-n3ccnc3)cc2)cc1. The number of sulfonamides is 1. The molecule has 0 radical (unpaired) electrons. The molecule has 142 valence electrons. The number of aromatic nitrogens is 2. The largest absolute Gasteiger partial charge is 0.306 e. The van der Waals surface area contributed by atoms with Crippen molar-refractivity contribution in [3.8, 4) is 5.69 Å². The zero-order chi connectivity index (χ0) is 19.4. The third-order valence-electron chi connectivity index (χ3n) is 4.90. The molecule has 0 spiro atoms. The van der Waals surface area contributed by atoms with Crippen molar-refractivity contribution in [2.75, 3.05) is 0 Å². The fraction of sp³-hybridized carbons (Fsp3) is 0.286. The second-order valence-corrected chi connectivity index (χ2v) is 8.50. The molecule has 0 bridgehead atoms. The van der Waals surface area contributed by atoms with E-state index in [0.29, 0.717) is 5.92 Å². The van der Waals surface area contributed by atoms with Gasteiger partial charge in [0.05, 0.1) is 11.2 Å². The van der Waals surface area contributed by atoms with E-state index in [-0.39, 0.29) is 10.9 Å². The predicted molar refractivity (Wildman–Crippen MR) is 107 cm³/mol. The first kappa shape index (κ1) is 19.3. The Kier molecular flexibility index (Phi) is 5.77. The first-order chi connectivity index (χ1) is 12.9. The van der Waals surface area contributed by atoms with Crippen LogP contribution in [0.1, 0.15) is 50.3 Å². The fourth-order valence-electron chi connectivity index (χ4n) is 2.93. The first-order valence-electron chi connectivity index (χ1n) is 9.11. The highest BCUT2D eigenvalue weighted by Crippen LogP contribution is 2.22. The summed E-state index contributed by atoms with van der Waals surface area (Å²) in [5, 5.41) is 0. The van der Waals surface area contributed by atoms with Gasteiger partial charge in [-0.2, -0.15) is 0 Å². The second kappa shape index (κ2) is 8.06. The molecular weight excluding hydrogens is 358 g/mol. The van der Waals surface area contributed by atoms with Gasteiger partial charge in [0.25, 0.3) is 0 Å². The van der Waals surface area contributed by atoms with Crippen molar-refractivity contribution in [3.05, 3.63) is 78.4 Å². The predicted octanol–water partition coefficient (Wildman–Crippen LogP) is 4.43. The van der Waals surface area contributed by atoms with Gasteiger partial charge in [-0.15, -0.1) is 0 Å². The lowest BCUT2D eigenvalue weighted by Gasteiger charge is -2.16. The zero-order valence-corrected chi connectivity index (χ0v) is 16.6. The summed E-state index contributed by atoms with van der Waals surface area (Å²) in [5.74, 6) is 0.419. The molecular formula is C21H25N3O2S. The molecule has 6 heteroatoms. The van der Waals surface area contributed by atoms with Gasteiger partial charge in [-0.05, 0) is 54.7 Å². The average molecular weight is 384 g/mol. The van der Waals surface area contributed by atoms with Crippen LogP contribution in [0.3, 0.4) is 0 Å². The molecule has 2 atom stereocenters. The molecule has 0 saturated carbocycles. The third kappa shape index (κ3) is 4.46. The summed E-state index contributed by atoms with van der Waals surface area (Å²) in [5.41, 5.74) is 3.03. The van der Waals surface area contributed by atoms with Gasteiger partial charge in [0.2, 0.25) is 10.0 Å². The van der Waals surface area contributed by atoms with Crippen molar-refractivity contribution < 1.29 is 8.42 Å². The number of rotatable bonds is 7. The van der Waals surface area contributed by atoms with E-state index in [0.717, 1.165) is 23.2 Å². The smallest absolute Gasteiger partial charge is 0.241 e. The van der Waals surface area contributed by atoms with Crippen LogP contribution in [0.4, 0.5) is 0 Å². The molecule has 5 nitrogen and oxygen atoms in total. The van der Waals surface area contributed by atoms with Crippen LogP contribution in [0.25, 0.3) is 5.69 Å². The summed E-state index contributed by atoms with van der Waals surface area (Å²) >= 11 is 0. The van der Waals surface area contributed by atoms with Gasteiger partial charge in [0, 0.05) is 24.1 Å². The lowest BCUT2D eigenvalue weighted by atomic mass is 9.99. The van der Waals surface area contributed by atoms with Gasteiger partial charge in [-0.3, -0.25) is 0 Å². The van der Waals surface area contributed by atoms with Crippen LogP contribution in [-0.4, -0.2) is 18.0 Å². The number of nitrogens with one attached hydrogen (secondary N) is 1. The molecule has 0 aliphatic rings. The van der Waals surface area contributed by atoms with Crippen molar-refractivity contribution in [3.63, 3.8) is 0 Å². The van der Waals surface area contributed by atoms with Crippen molar-refractivity contribution in [2.24, 2.45) is 0 Å². The molecule has 0 aliphatic carbocycles. The van der Waals surface area contributed by atoms with E-state index in [9.17, 15) is 8.42 Å². The van der Waals surface area contributed by atoms with Gasteiger partial charge in [0.15, 0.2) is 0 Å². The Morgan fingerprint density at radius 2 is 1.63 bits per heavy atom. The summed E-state index contributed by atoms with van der Waals surface area (Å²) in [6.07, 6.45) is 6.34. The van der Waals surface area contributed by atoms with Gasteiger partial charge < -0.3 is 4.57 Å². The maximum Gasteiger partial charge on any atom is 0.241 e. The molecule has 0 aliphatic heterocycles. The standard InChI is InChI=1S/C21H25N3O2S/c1-4-16(2)18-7-11-21(12-8-18)27(25,26)23-17(3)19-5-9-20(10-6-19)24-14-13-22-15-24/h5-17,23H,4H2,1-3H3/t16-,17-/m0/s1. The summed E-state index contributed by atoms with van der Waals surface area (Å²) in [4.78, 5) is 4.32. The molecule has 1 heterocycles. The minimum absolute atomic E-state index is 0.288. The molecule has 3 rings (SSSR count). The highest BCUT2D eigenvalue weighted by Gasteiger charge is 2.18. The van der Waals surface area contributed by atoms with Crippen LogP contribution in [0.2, 0.25) is 0 Å². The topological polar surface area (TPSA) is 64.0 Å². The number of benzene rings is 2. The normalized spacial score (nSPS) is 14.0. The fourth-order valence-corrected chi connectivity index (χ4v) is 4.16. The highest BCUT2D eigenvalue weighted by molar-refractivity contribution is 7.89. The summed E-state index contributed by atoms with van der Waals surface area (Å²) in [6, 6.07) is 14.6. The zero-order valence-electron chi connectivity index (χ0n) is 15.8. The van der Waals surface area contributed by atoms with Crippen molar-refractivity contribution in [2.45, 2.75) is 44.0 Å². The number of imidazole rings is 1.